The maximum absolute atomic E-state index is 13.7. The zero-order valence-electron chi connectivity index (χ0n) is 83.9. The molecular weight excluding hydrogens is 1900 g/mol. The first-order chi connectivity index (χ1) is 69.5. The number of rotatable bonds is 31. The monoisotopic (exact) mass is 2040 g/mol. The molecule has 786 valence electrons. The third-order valence-corrected chi connectivity index (χ3v) is 28.6. The first-order valence-electron chi connectivity index (χ1n) is 49.1. The van der Waals surface area contributed by atoms with Gasteiger partial charge in [0.05, 0.1) is 67.6 Å². The Labute approximate surface area is 853 Å². The van der Waals surface area contributed by atoms with Gasteiger partial charge in [-0.15, -0.1) is 12.4 Å². The van der Waals surface area contributed by atoms with Crippen molar-refractivity contribution >= 4 is 129 Å². The van der Waals surface area contributed by atoms with Crippen molar-refractivity contribution in [3.05, 3.63) is 201 Å². The number of nitrogens with two attached hydrogens (primary N) is 2. The maximum Gasteiger partial charge on any atom is 0.352 e. The van der Waals surface area contributed by atoms with Crippen LogP contribution >= 0.6 is 12.4 Å². The van der Waals surface area contributed by atoms with E-state index in [9.17, 15) is 76.7 Å². The molecule has 39 heteroatoms. The molecule has 4 aliphatic carbocycles. The van der Waals surface area contributed by atoms with Crippen LogP contribution in [0.2, 0.25) is 0 Å². The van der Waals surface area contributed by atoms with Gasteiger partial charge < -0.3 is 113 Å². The van der Waals surface area contributed by atoms with E-state index in [1.807, 2.05) is 91.9 Å². The molecule has 0 bridgehead atoms. The number of nitrogens with one attached hydrogen (secondary N) is 11. The average molecular weight is 2040 g/mol. The molecule has 38 nitrogen and oxygen atoms in total. The van der Waals surface area contributed by atoms with Gasteiger partial charge in [0.1, 0.15) is 53.1 Å². The topological polar surface area (TPSA) is 570 Å². The summed E-state index contributed by atoms with van der Waals surface area (Å²) in [7, 11) is 9.59. The number of halogens is 1. The number of carbonyl (C=O) groups is 16. The molecule has 5 aliphatic heterocycles. The molecule has 0 spiro atoms. The summed E-state index contributed by atoms with van der Waals surface area (Å²) in [6.07, 6.45) is 11.4. The molecule has 2 aromatic heterocycles. The average Bonchev–Trinajstić information content (AvgIpc) is 1.65. The smallest absolute Gasteiger partial charge is 0.352 e. The molecule has 17 N–H and O–H groups in total. The molecule has 5 fully saturated rings. The van der Waals surface area contributed by atoms with Crippen molar-refractivity contribution in [1.29, 1.82) is 0 Å². The number of carbonyl (C=O) groups excluding carboxylic acids is 14. The number of aromatic amines is 2. The summed E-state index contributed by atoms with van der Waals surface area (Å²) in [6, 6.07) is 41.6. The fourth-order valence-corrected chi connectivity index (χ4v) is 20.0. The van der Waals surface area contributed by atoms with Crippen LogP contribution in [0, 0.1) is 71.0 Å². The summed E-state index contributed by atoms with van der Waals surface area (Å²) in [6.45, 7) is 8.64. The van der Waals surface area contributed by atoms with E-state index < -0.39 is 89.8 Å². The lowest BCUT2D eigenvalue weighted by Crippen LogP contribution is -2.55. The minimum absolute atomic E-state index is 0. The van der Waals surface area contributed by atoms with E-state index in [1.54, 1.807) is 52.3 Å². The standard InChI is InChI=1S/C29H32N4O6.C20H26N2O4.C19H25N3O4.C12H14O2.C10H9NO3.C9H15NO3.C8H14N2O3.ClH/c1-38-24-9-5-8-21-20(24)15-22(31-21)27(35)33-25(19-12-16-6-3-4-7-17(16)13-19)28(36)32-23(29(37)39-2)14-18-10-11-30-26(18)34;1-12(16-9-13-5-3-4-6-14(13)10-16)18(23)22-17(20(25)26-2)11-15-7-8-21-19(15)24;1-26-19(25)15(10-13-6-7-21-17(13)23)22-18(24)16(20)14-8-11-4-2-3-5-12(11)9-14;1-8(12(13)14)11-6-9-4-2-3-5-10(9)7-11;1-14-9-4-2-3-7-6(9)5-8(11-7)10(12)13;1-6(9(12)13-2)5-7-3-4-10-8(7)11;1-13-8(12)6(9)4-5-2-3-10-7(5)11;/h3-9,15,18-19,23,25,31H,10-14H2,1-2H3,(H,30,34)(H,32,36)(H,33,35);3-6,12,15-17H,7-11H2,1-2H3,(H,21,24)(H,22,23);2-5,13-16H,6-10,20H2,1H3,(H,21,23)(H,22,24);2-5,8,11H,6-7H2,1H3,(H,13,14);2-5,11H,1H3,(H,12,13);6-7H,3-5H2,1-2H3,(H,10,11);5-6H,2-4,9H2,1H3,(H,10,11);1H/t18-,23-,25-;12-,15-,17-;13-,15-,16-;8-;;6-,7-;5-,6-;/m0000.00./s1. The van der Waals surface area contributed by atoms with Gasteiger partial charge in [-0.3, -0.25) is 57.5 Å². The second-order valence-electron chi connectivity index (χ2n) is 38.0. The number of aliphatic carboxylic acids is 1. The number of hydrogen-bond donors (Lipinski definition) is 15. The third-order valence-electron chi connectivity index (χ3n) is 28.6. The summed E-state index contributed by atoms with van der Waals surface area (Å²) in [5, 5.41) is 44.1. The van der Waals surface area contributed by atoms with Gasteiger partial charge >= 0.3 is 41.8 Å². The van der Waals surface area contributed by atoms with Gasteiger partial charge in [0.15, 0.2) is 0 Å². The largest absolute Gasteiger partial charge is 0.496 e. The molecule has 9 aliphatic rings. The first-order valence-corrected chi connectivity index (χ1v) is 49.1. The quantitative estimate of drug-likeness (QED) is 0.0157. The fraction of sp³-hybridized carbons (Fsp3) is 0.477. The van der Waals surface area contributed by atoms with Crippen LogP contribution in [0.5, 0.6) is 11.5 Å². The van der Waals surface area contributed by atoms with Gasteiger partial charge in [-0.25, -0.2) is 19.2 Å². The molecule has 6 aromatic carbocycles. The van der Waals surface area contributed by atoms with Crippen molar-refractivity contribution in [2.24, 2.45) is 82.5 Å². The number of benzene rings is 6. The molecule has 146 heavy (non-hydrogen) atoms. The maximum atomic E-state index is 13.7. The second kappa shape index (κ2) is 54.6. The summed E-state index contributed by atoms with van der Waals surface area (Å²) < 4.78 is 34.1. The van der Waals surface area contributed by atoms with E-state index in [0.717, 1.165) is 90.8 Å². The first kappa shape index (κ1) is 114. The molecule has 0 unspecified atom stereocenters. The number of esters is 5. The van der Waals surface area contributed by atoms with E-state index >= 15 is 0 Å². The van der Waals surface area contributed by atoms with Crippen LogP contribution in [0.15, 0.2) is 146 Å². The van der Waals surface area contributed by atoms with Crippen LogP contribution in [0.4, 0.5) is 0 Å². The number of methoxy groups -OCH3 is 7. The van der Waals surface area contributed by atoms with E-state index in [4.69, 9.17) is 45.4 Å². The van der Waals surface area contributed by atoms with Crippen molar-refractivity contribution in [2.45, 2.75) is 173 Å². The number of H-pyrrole nitrogens is 2. The summed E-state index contributed by atoms with van der Waals surface area (Å²) >= 11 is 0. The van der Waals surface area contributed by atoms with Crippen molar-refractivity contribution in [3.8, 4) is 11.5 Å². The van der Waals surface area contributed by atoms with Gasteiger partial charge in [-0.2, -0.15) is 0 Å². The number of aromatic nitrogens is 2. The molecule has 5 saturated heterocycles. The molecule has 0 saturated carbocycles. The molecule has 0 radical (unpaired) electrons. The zero-order chi connectivity index (χ0) is 105. The van der Waals surface area contributed by atoms with E-state index in [2.05, 4.69) is 104 Å². The number of fused-ring (bicyclic) bond motifs is 6. The minimum atomic E-state index is -1.02. The molecule has 9 amide bonds. The number of carboxylic acids is 2. The highest BCUT2D eigenvalue weighted by Gasteiger charge is 2.43. The van der Waals surface area contributed by atoms with Crippen molar-refractivity contribution in [2.75, 3.05) is 82.5 Å². The lowest BCUT2D eigenvalue weighted by atomic mass is 9.90. The van der Waals surface area contributed by atoms with E-state index in [1.165, 1.54) is 68.9 Å². The van der Waals surface area contributed by atoms with Crippen LogP contribution in [0.3, 0.4) is 0 Å². The van der Waals surface area contributed by atoms with Crippen LogP contribution in [0.1, 0.15) is 150 Å². The Kier molecular flexibility index (Phi) is 42.5. The Bertz CT molecular complexity index is 5700. The second-order valence-corrected chi connectivity index (χ2v) is 38.0. The Morgan fingerprint density at radius 1 is 0.356 bits per heavy atom. The lowest BCUT2D eigenvalue weighted by Gasteiger charge is -2.26. The molecule has 14 atom stereocenters. The van der Waals surface area contributed by atoms with Gasteiger partial charge in [0, 0.05) is 90.0 Å². The SMILES string of the molecule is COC(=O)[C@@H](C)C[C@@H]1CCNC1=O.COC(=O)[C@@H](N)C[C@@H]1CCNC1=O.COC(=O)[C@H](C[C@@H]1CCNC1=O)NC(=O)[C@@H](C)C1Cc2ccccc2C1.COC(=O)[C@H](C[C@@H]1CCNC1=O)NC(=O)[C@@H](N)C1Cc2ccccc2C1.COC(=O)[C@H](C[C@@H]1CCNC1=O)NC(=O)[C@@H](NC(=O)c1cc2c(OC)cccc2[nH]1)C1Cc2ccccc2C1.COc1cccc2[nH]c(C(=O)O)cc12.C[C@H](C(=O)O)C1Cc2ccccc2C1.Cl. The number of hydrogen-bond acceptors (Lipinski definition) is 25. The van der Waals surface area contributed by atoms with Gasteiger partial charge in [0.25, 0.3) is 5.91 Å². The number of ether oxygens (including phenoxy) is 7. The Morgan fingerprint density at radius 3 is 0.993 bits per heavy atom. The Hall–Kier alpha value is -14.3. The van der Waals surface area contributed by atoms with Crippen molar-refractivity contribution in [1.82, 2.24) is 57.8 Å². The molecule has 8 aromatic rings. The van der Waals surface area contributed by atoms with Gasteiger partial charge in [0.2, 0.25) is 47.3 Å². The summed E-state index contributed by atoms with van der Waals surface area (Å²) in [4.78, 5) is 197. The normalized spacial score (nSPS) is 19.5. The predicted octanol–water partition coefficient (Wildman–Crippen LogP) is 6.76. The van der Waals surface area contributed by atoms with Gasteiger partial charge in [-0.1, -0.05) is 130 Å². The van der Waals surface area contributed by atoms with Crippen molar-refractivity contribution in [3.63, 3.8) is 0 Å². The van der Waals surface area contributed by atoms with Crippen LogP contribution in [0.25, 0.3) is 21.8 Å². The summed E-state index contributed by atoms with van der Waals surface area (Å²) in [5.41, 5.74) is 23.6. The molecule has 7 heterocycles. The highest BCUT2D eigenvalue weighted by Crippen LogP contribution is 2.37. The molecule has 17 rings (SSSR count). The van der Waals surface area contributed by atoms with E-state index in [-0.39, 0.29) is 155 Å². The zero-order valence-corrected chi connectivity index (χ0v) is 84.7. The van der Waals surface area contributed by atoms with Crippen LogP contribution in [-0.4, -0.2) is 234 Å². The summed E-state index contributed by atoms with van der Waals surface area (Å²) in [5.74, 6) is -5.92. The van der Waals surface area contributed by atoms with Crippen LogP contribution < -0.4 is 68.8 Å². The van der Waals surface area contributed by atoms with Gasteiger partial charge in [-0.05, 0) is 220 Å². The number of carboxylic acid groups (broad SMARTS) is 2. The molecular formula is C107H136ClN13O25. The fourth-order valence-electron chi connectivity index (χ4n) is 20.0. The van der Waals surface area contributed by atoms with Crippen LogP contribution in [-0.2, 0) is 142 Å². The highest BCUT2D eigenvalue weighted by atomic mass is 35.5. The Balaban J connectivity index is 0.000000182. The third kappa shape index (κ3) is 30.4. The van der Waals surface area contributed by atoms with E-state index in [0.29, 0.717) is 82.6 Å². The highest BCUT2D eigenvalue weighted by molar-refractivity contribution is 6.02. The Morgan fingerprint density at radius 2 is 0.664 bits per heavy atom. The minimum Gasteiger partial charge on any atom is -0.496 e. The predicted molar refractivity (Wildman–Crippen MR) is 540 cm³/mol. The number of amides is 9. The number of aromatic carboxylic acids is 1. The lowest BCUT2D eigenvalue weighted by molar-refractivity contribution is -0.146. The van der Waals surface area contributed by atoms with Crippen molar-refractivity contribution < 1.29 is 120 Å².